The summed E-state index contributed by atoms with van der Waals surface area (Å²) in [5.74, 6) is -0.647. The second-order valence-corrected chi connectivity index (χ2v) is 2.65. The Labute approximate surface area is 78.8 Å². The normalized spacial score (nSPS) is 10.3. The second-order valence-electron chi connectivity index (χ2n) is 2.65. The topological polar surface area (TPSA) is 81.1 Å². The summed E-state index contributed by atoms with van der Waals surface area (Å²) in [5.41, 5.74) is 0. The molecule has 0 saturated carbocycles. The Morgan fingerprint density at radius 1 is 1.64 bits per heavy atom. The molecule has 0 aliphatic heterocycles. The first kappa shape index (κ1) is 8.49. The average molecular weight is 193 g/mol. The monoisotopic (exact) mass is 193 g/mol. The first-order valence-electron chi connectivity index (χ1n) is 3.91. The molecule has 0 unspecified atom stereocenters. The van der Waals surface area contributed by atoms with Crippen molar-refractivity contribution in [2.45, 2.75) is 6.54 Å². The fourth-order valence-corrected chi connectivity index (χ4v) is 1.03. The highest BCUT2D eigenvalue weighted by molar-refractivity contribution is 5.82. The molecule has 72 valence electrons. The summed E-state index contributed by atoms with van der Waals surface area (Å²) in [7, 11) is 0. The van der Waals surface area contributed by atoms with Crippen molar-refractivity contribution in [1.29, 1.82) is 0 Å². The zero-order chi connectivity index (χ0) is 9.97. The molecular weight excluding hydrogens is 186 g/mol. The predicted octanol–water partition coefficient (Wildman–Crippen LogP) is 0.618. The Kier molecular flexibility index (Phi) is 2.02. The van der Waals surface area contributed by atoms with E-state index in [1.807, 2.05) is 0 Å². The Balaban J connectivity index is 2.14. The number of aromatic carboxylic acids is 1. The summed E-state index contributed by atoms with van der Waals surface area (Å²) in [6.07, 6.45) is 2.90. The highest BCUT2D eigenvalue weighted by atomic mass is 16.4. The van der Waals surface area contributed by atoms with Crippen molar-refractivity contribution in [2.75, 3.05) is 0 Å². The molecular formula is C8H7N3O3. The van der Waals surface area contributed by atoms with Crippen LogP contribution in [0.1, 0.15) is 16.4 Å². The quantitative estimate of drug-likeness (QED) is 0.772. The summed E-state index contributed by atoms with van der Waals surface area (Å²) in [6.45, 7) is 0.382. The van der Waals surface area contributed by atoms with Crippen LogP contribution < -0.4 is 0 Å². The molecule has 0 aliphatic carbocycles. The van der Waals surface area contributed by atoms with Gasteiger partial charge in [0.1, 0.15) is 18.6 Å². The molecule has 0 radical (unpaired) electrons. The maximum atomic E-state index is 10.5. The molecule has 0 fully saturated rings. The van der Waals surface area contributed by atoms with E-state index in [2.05, 4.69) is 10.1 Å². The standard InChI is InChI=1S/C8H7N3O3/c12-8(13)7-9-5-11(10-7)4-6-2-1-3-14-6/h1-3,5H,4H2,(H,12,13). The predicted molar refractivity (Wildman–Crippen MR) is 44.8 cm³/mol. The number of hydrogen-bond acceptors (Lipinski definition) is 4. The SMILES string of the molecule is O=C(O)c1ncn(Cc2ccco2)n1. The number of carboxylic acid groups (broad SMARTS) is 1. The maximum Gasteiger partial charge on any atom is 0.375 e. The lowest BCUT2D eigenvalue weighted by molar-refractivity contribution is 0.0683. The number of furan rings is 1. The van der Waals surface area contributed by atoms with Crippen molar-refractivity contribution in [1.82, 2.24) is 14.8 Å². The van der Waals surface area contributed by atoms with Gasteiger partial charge in [-0.2, -0.15) is 0 Å². The molecule has 0 spiro atoms. The zero-order valence-corrected chi connectivity index (χ0v) is 7.12. The van der Waals surface area contributed by atoms with E-state index in [0.29, 0.717) is 12.3 Å². The fraction of sp³-hybridized carbons (Fsp3) is 0.125. The molecule has 2 aromatic rings. The molecule has 6 nitrogen and oxygen atoms in total. The number of carboxylic acids is 1. The Bertz CT molecular complexity index is 432. The van der Waals surface area contributed by atoms with Crippen molar-refractivity contribution >= 4 is 5.97 Å². The van der Waals surface area contributed by atoms with Gasteiger partial charge in [0, 0.05) is 0 Å². The van der Waals surface area contributed by atoms with Crippen LogP contribution in [0.2, 0.25) is 0 Å². The third-order valence-corrected chi connectivity index (χ3v) is 1.63. The van der Waals surface area contributed by atoms with Crippen LogP contribution in [0.4, 0.5) is 0 Å². The van der Waals surface area contributed by atoms with E-state index < -0.39 is 5.97 Å². The number of hydrogen-bond donors (Lipinski definition) is 1. The zero-order valence-electron chi connectivity index (χ0n) is 7.12. The number of rotatable bonds is 3. The Morgan fingerprint density at radius 2 is 2.50 bits per heavy atom. The molecule has 2 aromatic heterocycles. The molecule has 0 atom stereocenters. The lowest BCUT2D eigenvalue weighted by Gasteiger charge is -1.94. The molecule has 0 bridgehead atoms. The van der Waals surface area contributed by atoms with Gasteiger partial charge in [0.15, 0.2) is 0 Å². The van der Waals surface area contributed by atoms with Crippen molar-refractivity contribution in [3.63, 3.8) is 0 Å². The minimum atomic E-state index is -1.14. The molecule has 1 N–H and O–H groups in total. The molecule has 0 saturated heterocycles. The Morgan fingerprint density at radius 3 is 3.07 bits per heavy atom. The first-order chi connectivity index (χ1) is 6.75. The molecule has 0 amide bonds. The summed E-state index contributed by atoms with van der Waals surface area (Å²) in [5, 5.41) is 12.3. The molecule has 2 rings (SSSR count). The smallest absolute Gasteiger partial charge is 0.375 e. The lowest BCUT2D eigenvalue weighted by atomic mass is 10.4. The highest BCUT2D eigenvalue weighted by Gasteiger charge is 2.09. The minimum absolute atomic E-state index is 0.212. The average Bonchev–Trinajstić information content (AvgIpc) is 2.75. The molecule has 0 aromatic carbocycles. The van der Waals surface area contributed by atoms with E-state index in [0.717, 1.165) is 0 Å². The van der Waals surface area contributed by atoms with Crippen LogP contribution in [0, 0.1) is 0 Å². The molecule has 6 heteroatoms. The van der Waals surface area contributed by atoms with Gasteiger partial charge in [-0.3, -0.25) is 0 Å². The van der Waals surface area contributed by atoms with Crippen LogP contribution >= 0.6 is 0 Å². The lowest BCUT2D eigenvalue weighted by Crippen LogP contribution is -2.03. The third kappa shape index (κ3) is 1.63. The van der Waals surface area contributed by atoms with Crippen LogP contribution in [-0.2, 0) is 6.54 Å². The van der Waals surface area contributed by atoms with E-state index >= 15 is 0 Å². The van der Waals surface area contributed by atoms with Crippen molar-refractivity contribution in [2.24, 2.45) is 0 Å². The van der Waals surface area contributed by atoms with Gasteiger partial charge < -0.3 is 9.52 Å². The highest BCUT2D eigenvalue weighted by Crippen LogP contribution is 2.02. The van der Waals surface area contributed by atoms with Gasteiger partial charge in [-0.15, -0.1) is 5.10 Å². The van der Waals surface area contributed by atoms with Gasteiger partial charge in [0.2, 0.25) is 0 Å². The van der Waals surface area contributed by atoms with E-state index in [1.54, 1.807) is 18.4 Å². The third-order valence-electron chi connectivity index (χ3n) is 1.63. The van der Waals surface area contributed by atoms with Crippen LogP contribution in [0.25, 0.3) is 0 Å². The van der Waals surface area contributed by atoms with Crippen molar-refractivity contribution in [3.8, 4) is 0 Å². The first-order valence-corrected chi connectivity index (χ1v) is 3.91. The molecule has 14 heavy (non-hydrogen) atoms. The van der Waals surface area contributed by atoms with Crippen LogP contribution in [0.3, 0.4) is 0 Å². The van der Waals surface area contributed by atoms with E-state index in [1.165, 1.54) is 11.0 Å². The fourth-order valence-electron chi connectivity index (χ4n) is 1.03. The summed E-state index contributed by atoms with van der Waals surface area (Å²) >= 11 is 0. The molecule has 0 aliphatic rings. The maximum absolute atomic E-state index is 10.5. The van der Waals surface area contributed by atoms with Gasteiger partial charge in [0.05, 0.1) is 6.26 Å². The van der Waals surface area contributed by atoms with E-state index in [4.69, 9.17) is 9.52 Å². The number of nitrogens with zero attached hydrogens (tertiary/aromatic N) is 3. The second kappa shape index (κ2) is 3.33. The van der Waals surface area contributed by atoms with Gasteiger partial charge in [-0.05, 0) is 12.1 Å². The summed E-state index contributed by atoms with van der Waals surface area (Å²) in [6, 6.07) is 3.53. The van der Waals surface area contributed by atoms with Gasteiger partial charge in [0.25, 0.3) is 5.82 Å². The van der Waals surface area contributed by atoms with Gasteiger partial charge >= 0.3 is 5.97 Å². The van der Waals surface area contributed by atoms with Gasteiger partial charge in [-0.25, -0.2) is 14.5 Å². The van der Waals surface area contributed by atoms with E-state index in [-0.39, 0.29) is 5.82 Å². The largest absolute Gasteiger partial charge is 0.475 e. The van der Waals surface area contributed by atoms with Crippen molar-refractivity contribution < 1.29 is 14.3 Å². The van der Waals surface area contributed by atoms with Gasteiger partial charge in [-0.1, -0.05) is 0 Å². The van der Waals surface area contributed by atoms with Crippen LogP contribution in [-0.4, -0.2) is 25.8 Å². The summed E-state index contributed by atoms with van der Waals surface area (Å²) in [4.78, 5) is 14.1. The minimum Gasteiger partial charge on any atom is -0.475 e. The Hall–Kier alpha value is -2.11. The van der Waals surface area contributed by atoms with Crippen LogP contribution in [0.15, 0.2) is 29.1 Å². The summed E-state index contributed by atoms with van der Waals surface area (Å²) < 4.78 is 6.48. The number of carbonyl (C=O) groups is 1. The van der Waals surface area contributed by atoms with Crippen molar-refractivity contribution in [3.05, 3.63) is 36.3 Å². The van der Waals surface area contributed by atoms with Crippen LogP contribution in [0.5, 0.6) is 0 Å². The van der Waals surface area contributed by atoms with E-state index in [9.17, 15) is 4.79 Å². The molecule has 2 heterocycles. The number of aromatic nitrogens is 3.